The Bertz CT molecular complexity index is 203. The molecule has 1 heterocycles. The zero-order chi connectivity index (χ0) is 11.6. The number of hydrogen-bond donors (Lipinski definition) is 1. The summed E-state index contributed by atoms with van der Waals surface area (Å²) >= 11 is 0. The number of rotatable bonds is 3. The monoisotopic (exact) mass is 212 g/mol. The van der Waals surface area contributed by atoms with E-state index in [1.165, 1.54) is 19.4 Å². The molecule has 1 fully saturated rings. The van der Waals surface area contributed by atoms with Crippen molar-refractivity contribution in [2.75, 3.05) is 13.1 Å². The Balaban J connectivity index is 2.81. The molecule has 1 aliphatic heterocycles. The number of likely N-dealkylation sites (tertiary alicyclic amines) is 1. The number of nitrogens with zero attached hydrogens (tertiary/aromatic N) is 1. The van der Waals surface area contributed by atoms with Crippen LogP contribution in [0.5, 0.6) is 0 Å². The van der Waals surface area contributed by atoms with Gasteiger partial charge >= 0.3 is 0 Å². The van der Waals surface area contributed by atoms with Crippen LogP contribution < -0.4 is 5.73 Å². The van der Waals surface area contributed by atoms with Gasteiger partial charge in [-0.2, -0.15) is 0 Å². The van der Waals surface area contributed by atoms with Crippen molar-refractivity contribution in [3.8, 4) is 0 Å². The highest BCUT2D eigenvalue weighted by molar-refractivity contribution is 4.95. The summed E-state index contributed by atoms with van der Waals surface area (Å²) in [5.74, 6) is 1.45. The van der Waals surface area contributed by atoms with Crippen LogP contribution in [0.2, 0.25) is 0 Å². The molecule has 0 bridgehead atoms. The predicted molar refractivity (Wildman–Crippen MR) is 66.9 cm³/mol. The first kappa shape index (κ1) is 13.0. The van der Waals surface area contributed by atoms with Crippen molar-refractivity contribution in [1.82, 2.24) is 4.90 Å². The fourth-order valence-corrected chi connectivity index (χ4v) is 2.69. The molecule has 2 nitrogen and oxygen atoms in total. The average molecular weight is 212 g/mol. The largest absolute Gasteiger partial charge is 0.329 e. The van der Waals surface area contributed by atoms with E-state index in [2.05, 4.69) is 39.5 Å². The third-order valence-corrected chi connectivity index (χ3v) is 4.43. The van der Waals surface area contributed by atoms with Gasteiger partial charge in [-0.1, -0.05) is 20.8 Å². The maximum atomic E-state index is 6.00. The van der Waals surface area contributed by atoms with Crippen LogP contribution in [0.4, 0.5) is 0 Å². The van der Waals surface area contributed by atoms with Crippen molar-refractivity contribution in [2.45, 2.75) is 59.0 Å². The molecule has 0 radical (unpaired) electrons. The number of piperidine rings is 1. The van der Waals surface area contributed by atoms with Gasteiger partial charge in [-0.3, -0.25) is 4.90 Å². The molecule has 0 aromatic carbocycles. The lowest BCUT2D eigenvalue weighted by atomic mass is 9.81. The van der Waals surface area contributed by atoms with Gasteiger partial charge in [0, 0.05) is 24.7 Å². The van der Waals surface area contributed by atoms with Crippen molar-refractivity contribution in [2.24, 2.45) is 17.6 Å². The Hall–Kier alpha value is -0.0800. The lowest BCUT2D eigenvalue weighted by molar-refractivity contribution is -0.00640. The van der Waals surface area contributed by atoms with E-state index < -0.39 is 0 Å². The molecule has 2 N–H and O–H groups in total. The Morgan fingerprint density at radius 1 is 1.33 bits per heavy atom. The molecule has 0 saturated carbocycles. The van der Waals surface area contributed by atoms with Crippen LogP contribution in [0.25, 0.3) is 0 Å². The van der Waals surface area contributed by atoms with Crippen molar-refractivity contribution in [3.63, 3.8) is 0 Å². The van der Waals surface area contributed by atoms with Crippen LogP contribution in [0.3, 0.4) is 0 Å². The Morgan fingerprint density at radius 3 is 2.40 bits per heavy atom. The summed E-state index contributed by atoms with van der Waals surface area (Å²) in [6.07, 6.45) is 2.69. The van der Waals surface area contributed by atoms with Crippen LogP contribution in [0.1, 0.15) is 47.5 Å². The minimum absolute atomic E-state index is 0.175. The Morgan fingerprint density at radius 2 is 1.93 bits per heavy atom. The van der Waals surface area contributed by atoms with E-state index in [1.807, 2.05) is 0 Å². The summed E-state index contributed by atoms with van der Waals surface area (Å²) in [7, 11) is 0. The second-order valence-electron chi connectivity index (χ2n) is 5.90. The van der Waals surface area contributed by atoms with Crippen LogP contribution in [-0.4, -0.2) is 29.6 Å². The fourth-order valence-electron chi connectivity index (χ4n) is 2.69. The SMILES string of the molecule is CC1CCC(C)N(C(C)(CN)C(C)C)C1. The normalized spacial score (nSPS) is 33.0. The molecule has 3 atom stereocenters. The van der Waals surface area contributed by atoms with Gasteiger partial charge in [-0.25, -0.2) is 0 Å². The third kappa shape index (κ3) is 2.54. The lowest BCUT2D eigenvalue weighted by Gasteiger charge is -2.50. The van der Waals surface area contributed by atoms with Crippen LogP contribution in [-0.2, 0) is 0 Å². The van der Waals surface area contributed by atoms with Gasteiger partial charge in [0.1, 0.15) is 0 Å². The number of nitrogens with two attached hydrogens (primary N) is 1. The lowest BCUT2D eigenvalue weighted by Crippen LogP contribution is -2.60. The Kier molecular flexibility index (Phi) is 4.19. The molecule has 0 aliphatic carbocycles. The minimum Gasteiger partial charge on any atom is -0.329 e. The first-order valence-electron chi connectivity index (χ1n) is 6.38. The van der Waals surface area contributed by atoms with Gasteiger partial charge in [0.2, 0.25) is 0 Å². The van der Waals surface area contributed by atoms with Gasteiger partial charge in [-0.05, 0) is 38.5 Å². The van der Waals surface area contributed by atoms with Crippen LogP contribution >= 0.6 is 0 Å². The van der Waals surface area contributed by atoms with E-state index in [9.17, 15) is 0 Å². The average Bonchev–Trinajstić information content (AvgIpc) is 2.20. The smallest absolute Gasteiger partial charge is 0.0329 e. The molecule has 1 saturated heterocycles. The molecule has 0 amide bonds. The summed E-state index contributed by atoms with van der Waals surface area (Å²) in [6, 6.07) is 0.692. The molecule has 15 heavy (non-hydrogen) atoms. The maximum absolute atomic E-state index is 6.00. The van der Waals surface area contributed by atoms with Crippen LogP contribution in [0.15, 0.2) is 0 Å². The van der Waals surface area contributed by atoms with E-state index in [4.69, 9.17) is 5.73 Å². The summed E-state index contributed by atoms with van der Waals surface area (Å²) in [4.78, 5) is 2.64. The van der Waals surface area contributed by atoms with Gasteiger partial charge in [0.25, 0.3) is 0 Å². The number of hydrogen-bond acceptors (Lipinski definition) is 2. The molecule has 2 heteroatoms. The highest BCUT2D eigenvalue weighted by Crippen LogP contribution is 2.32. The topological polar surface area (TPSA) is 29.3 Å². The van der Waals surface area contributed by atoms with Gasteiger partial charge in [-0.15, -0.1) is 0 Å². The highest BCUT2D eigenvalue weighted by atomic mass is 15.2. The molecule has 0 aromatic rings. The molecular weight excluding hydrogens is 184 g/mol. The van der Waals surface area contributed by atoms with E-state index in [0.717, 1.165) is 12.5 Å². The molecule has 0 spiro atoms. The minimum atomic E-state index is 0.175. The van der Waals surface area contributed by atoms with Gasteiger partial charge < -0.3 is 5.73 Å². The zero-order valence-electron chi connectivity index (χ0n) is 11.1. The standard InChI is InChI=1S/C13H28N2/c1-10(2)13(5,9-14)15-8-11(3)6-7-12(15)4/h10-12H,6-9,14H2,1-5H3. The second kappa shape index (κ2) is 4.84. The van der Waals surface area contributed by atoms with Crippen molar-refractivity contribution >= 4 is 0 Å². The molecule has 3 unspecified atom stereocenters. The fraction of sp³-hybridized carbons (Fsp3) is 1.00. The van der Waals surface area contributed by atoms with Gasteiger partial charge in [0.15, 0.2) is 0 Å². The molecule has 0 aromatic heterocycles. The van der Waals surface area contributed by atoms with E-state index >= 15 is 0 Å². The predicted octanol–water partition coefficient (Wildman–Crippen LogP) is 2.48. The van der Waals surface area contributed by atoms with E-state index in [-0.39, 0.29) is 5.54 Å². The summed E-state index contributed by atoms with van der Waals surface area (Å²) in [5, 5.41) is 0. The first-order valence-corrected chi connectivity index (χ1v) is 6.38. The van der Waals surface area contributed by atoms with E-state index in [1.54, 1.807) is 0 Å². The Labute approximate surface area is 95.2 Å². The van der Waals surface area contributed by atoms with E-state index in [0.29, 0.717) is 12.0 Å². The van der Waals surface area contributed by atoms with Crippen LogP contribution in [0, 0.1) is 11.8 Å². The molecule has 90 valence electrons. The zero-order valence-corrected chi connectivity index (χ0v) is 11.1. The summed E-state index contributed by atoms with van der Waals surface area (Å²) in [5.41, 5.74) is 6.18. The second-order valence-corrected chi connectivity index (χ2v) is 5.90. The third-order valence-electron chi connectivity index (χ3n) is 4.43. The first-order chi connectivity index (χ1) is 6.91. The van der Waals surface area contributed by atoms with Crippen molar-refractivity contribution in [1.29, 1.82) is 0 Å². The summed E-state index contributed by atoms with van der Waals surface area (Å²) < 4.78 is 0. The maximum Gasteiger partial charge on any atom is 0.0329 e. The van der Waals surface area contributed by atoms with Crippen molar-refractivity contribution in [3.05, 3.63) is 0 Å². The molecule has 1 rings (SSSR count). The molecular formula is C13H28N2. The van der Waals surface area contributed by atoms with Crippen molar-refractivity contribution < 1.29 is 0 Å². The van der Waals surface area contributed by atoms with Gasteiger partial charge in [0.05, 0.1) is 0 Å². The molecule has 1 aliphatic rings. The quantitative estimate of drug-likeness (QED) is 0.779. The summed E-state index contributed by atoms with van der Waals surface area (Å²) in [6.45, 7) is 13.6. The highest BCUT2D eigenvalue weighted by Gasteiger charge is 2.38.